The molecule has 1 N–H and O–H groups in total. The van der Waals surface area contributed by atoms with Crippen molar-refractivity contribution < 1.29 is 9.53 Å². The summed E-state index contributed by atoms with van der Waals surface area (Å²) in [5.74, 6) is 0.215. The van der Waals surface area contributed by atoms with Crippen LogP contribution in [0.2, 0.25) is 0 Å². The standard InChI is InChI=1S/C22H17Br3N2O2/c1-14(15-7-9-17(10-8-15)16-5-3-2-4-6-16)26-27-21(28)13-29-22-19(24)11-18(23)12-20(22)25/h2-12H,13H2,1H3,(H,27,28). The lowest BCUT2D eigenvalue weighted by Crippen LogP contribution is -2.25. The number of carbonyl (C=O) groups excluding carboxylic acids is 1. The van der Waals surface area contributed by atoms with Crippen LogP contribution in [-0.2, 0) is 4.79 Å². The van der Waals surface area contributed by atoms with Crippen LogP contribution in [0.3, 0.4) is 0 Å². The molecule has 4 nitrogen and oxygen atoms in total. The third-order valence-corrected chi connectivity index (χ3v) is 5.70. The van der Waals surface area contributed by atoms with Crippen molar-refractivity contribution in [3.8, 4) is 16.9 Å². The third-order valence-electron chi connectivity index (χ3n) is 4.07. The second kappa shape index (κ2) is 10.2. The average Bonchev–Trinajstić information content (AvgIpc) is 2.72. The van der Waals surface area contributed by atoms with Crippen LogP contribution >= 0.6 is 47.8 Å². The van der Waals surface area contributed by atoms with Gasteiger partial charge in [0.2, 0.25) is 0 Å². The Kier molecular flexibility index (Phi) is 7.64. The highest BCUT2D eigenvalue weighted by Crippen LogP contribution is 2.36. The van der Waals surface area contributed by atoms with Crippen molar-refractivity contribution in [2.45, 2.75) is 6.92 Å². The molecular formula is C22H17Br3N2O2. The van der Waals surface area contributed by atoms with Gasteiger partial charge in [-0.3, -0.25) is 4.79 Å². The number of halogens is 3. The molecule has 0 saturated carbocycles. The Morgan fingerprint density at radius 3 is 2.14 bits per heavy atom. The van der Waals surface area contributed by atoms with Crippen molar-refractivity contribution in [3.63, 3.8) is 0 Å². The second-order valence-corrected chi connectivity index (χ2v) is 8.79. The molecule has 0 unspecified atom stereocenters. The molecular weight excluding hydrogens is 564 g/mol. The molecule has 148 valence electrons. The van der Waals surface area contributed by atoms with Crippen molar-refractivity contribution >= 4 is 59.4 Å². The zero-order valence-electron chi connectivity index (χ0n) is 15.5. The minimum atomic E-state index is -0.341. The van der Waals surface area contributed by atoms with Crippen LogP contribution in [0.4, 0.5) is 0 Å². The van der Waals surface area contributed by atoms with Crippen LogP contribution < -0.4 is 10.2 Å². The van der Waals surface area contributed by atoms with Crippen molar-refractivity contribution in [2.24, 2.45) is 5.10 Å². The summed E-state index contributed by atoms with van der Waals surface area (Å²) in [6.07, 6.45) is 0. The minimum Gasteiger partial charge on any atom is -0.481 e. The molecule has 0 aliphatic rings. The lowest BCUT2D eigenvalue weighted by atomic mass is 10.0. The summed E-state index contributed by atoms with van der Waals surface area (Å²) in [6, 6.07) is 21.9. The summed E-state index contributed by atoms with van der Waals surface area (Å²) in [5, 5.41) is 4.17. The van der Waals surface area contributed by atoms with Gasteiger partial charge in [-0.05, 0) is 67.6 Å². The van der Waals surface area contributed by atoms with Crippen molar-refractivity contribution in [3.05, 3.63) is 85.7 Å². The van der Waals surface area contributed by atoms with Gasteiger partial charge < -0.3 is 4.74 Å². The molecule has 3 rings (SSSR count). The molecule has 0 spiro atoms. The fourth-order valence-electron chi connectivity index (χ4n) is 2.58. The van der Waals surface area contributed by atoms with Gasteiger partial charge in [-0.1, -0.05) is 70.5 Å². The summed E-state index contributed by atoms with van der Waals surface area (Å²) in [6.45, 7) is 1.70. The van der Waals surface area contributed by atoms with Gasteiger partial charge in [0.1, 0.15) is 5.75 Å². The fraction of sp³-hybridized carbons (Fsp3) is 0.0909. The molecule has 0 bridgehead atoms. The van der Waals surface area contributed by atoms with Gasteiger partial charge in [0.15, 0.2) is 6.61 Å². The molecule has 29 heavy (non-hydrogen) atoms. The maximum absolute atomic E-state index is 12.1. The van der Waals surface area contributed by atoms with Gasteiger partial charge in [0.05, 0.1) is 14.7 Å². The van der Waals surface area contributed by atoms with E-state index < -0.39 is 0 Å². The van der Waals surface area contributed by atoms with Crippen molar-refractivity contribution in [1.29, 1.82) is 0 Å². The van der Waals surface area contributed by atoms with E-state index in [1.807, 2.05) is 61.5 Å². The number of nitrogens with one attached hydrogen (secondary N) is 1. The van der Waals surface area contributed by atoms with E-state index in [0.29, 0.717) is 11.5 Å². The molecule has 0 aromatic heterocycles. The van der Waals surface area contributed by atoms with E-state index in [4.69, 9.17) is 4.74 Å². The van der Waals surface area contributed by atoms with Gasteiger partial charge in [0.25, 0.3) is 5.91 Å². The number of ether oxygens (including phenoxy) is 1. The zero-order valence-corrected chi connectivity index (χ0v) is 20.2. The SMILES string of the molecule is CC(=NNC(=O)COc1c(Br)cc(Br)cc1Br)c1ccc(-c2ccccc2)cc1. The topological polar surface area (TPSA) is 50.7 Å². The number of nitrogens with zero attached hydrogens (tertiary/aromatic N) is 1. The zero-order chi connectivity index (χ0) is 20.8. The number of amides is 1. The number of hydrogen-bond donors (Lipinski definition) is 1. The number of benzene rings is 3. The van der Waals surface area contributed by atoms with E-state index in [9.17, 15) is 4.79 Å². The minimum absolute atomic E-state index is 0.150. The lowest BCUT2D eigenvalue weighted by Gasteiger charge is -2.10. The van der Waals surface area contributed by atoms with Gasteiger partial charge in [0, 0.05) is 4.47 Å². The van der Waals surface area contributed by atoms with Gasteiger partial charge >= 0.3 is 0 Å². The molecule has 0 heterocycles. The normalized spacial score (nSPS) is 11.2. The molecule has 7 heteroatoms. The Morgan fingerprint density at radius 1 is 0.931 bits per heavy atom. The molecule has 3 aromatic rings. The maximum Gasteiger partial charge on any atom is 0.277 e. The molecule has 1 amide bonds. The monoisotopic (exact) mass is 578 g/mol. The van der Waals surface area contributed by atoms with Crippen LogP contribution in [0.5, 0.6) is 5.75 Å². The number of hydrazone groups is 1. The molecule has 3 aromatic carbocycles. The quantitative estimate of drug-likeness (QED) is 0.265. The average molecular weight is 581 g/mol. The molecule has 0 saturated heterocycles. The van der Waals surface area contributed by atoms with Gasteiger partial charge in [-0.25, -0.2) is 5.43 Å². The Labute approximate surface area is 194 Å². The largest absolute Gasteiger partial charge is 0.481 e. The fourth-order valence-corrected chi connectivity index (χ4v) is 5.07. The highest BCUT2D eigenvalue weighted by molar-refractivity contribution is 9.11. The molecule has 0 radical (unpaired) electrons. The van der Waals surface area contributed by atoms with E-state index in [1.165, 1.54) is 0 Å². The summed E-state index contributed by atoms with van der Waals surface area (Å²) in [5.41, 5.74) is 6.47. The summed E-state index contributed by atoms with van der Waals surface area (Å²) in [7, 11) is 0. The Bertz CT molecular complexity index is 1010. The van der Waals surface area contributed by atoms with Crippen molar-refractivity contribution in [1.82, 2.24) is 5.43 Å². The van der Waals surface area contributed by atoms with Crippen LogP contribution in [0.25, 0.3) is 11.1 Å². The van der Waals surface area contributed by atoms with E-state index in [1.54, 1.807) is 0 Å². The first-order valence-corrected chi connectivity index (χ1v) is 11.1. The number of carbonyl (C=O) groups is 1. The third kappa shape index (κ3) is 6.01. The van der Waals surface area contributed by atoms with Crippen molar-refractivity contribution in [2.75, 3.05) is 6.61 Å². The Morgan fingerprint density at radius 2 is 1.52 bits per heavy atom. The van der Waals surface area contributed by atoms with Crippen LogP contribution in [0, 0.1) is 0 Å². The predicted molar refractivity (Wildman–Crippen MR) is 127 cm³/mol. The van der Waals surface area contributed by atoms with E-state index in [0.717, 1.165) is 30.1 Å². The van der Waals surface area contributed by atoms with Gasteiger partial charge in [-0.15, -0.1) is 0 Å². The van der Waals surface area contributed by atoms with E-state index in [2.05, 4.69) is 70.4 Å². The first-order chi connectivity index (χ1) is 13.9. The number of rotatable bonds is 6. The molecule has 0 fully saturated rings. The molecule has 0 aliphatic carbocycles. The molecule has 0 atom stereocenters. The van der Waals surface area contributed by atoms with Crippen LogP contribution in [-0.4, -0.2) is 18.2 Å². The Hall–Kier alpha value is -1.96. The van der Waals surface area contributed by atoms with E-state index >= 15 is 0 Å². The van der Waals surface area contributed by atoms with Crippen LogP contribution in [0.15, 0.2) is 85.2 Å². The maximum atomic E-state index is 12.1. The van der Waals surface area contributed by atoms with Gasteiger partial charge in [-0.2, -0.15) is 5.10 Å². The summed E-state index contributed by atoms with van der Waals surface area (Å²) in [4.78, 5) is 12.1. The van der Waals surface area contributed by atoms with E-state index in [-0.39, 0.29) is 12.5 Å². The first-order valence-electron chi connectivity index (χ1n) is 8.70. The predicted octanol–water partition coefficient (Wildman–Crippen LogP) is 6.56. The second-order valence-electron chi connectivity index (χ2n) is 6.16. The van der Waals surface area contributed by atoms with Crippen LogP contribution in [0.1, 0.15) is 12.5 Å². The highest BCUT2D eigenvalue weighted by atomic mass is 79.9. The Balaban J connectivity index is 1.59. The number of hydrogen-bond acceptors (Lipinski definition) is 3. The first kappa shape index (κ1) is 21.7. The summed E-state index contributed by atoms with van der Waals surface area (Å²) < 4.78 is 7.97. The highest BCUT2D eigenvalue weighted by Gasteiger charge is 2.10. The molecule has 0 aliphatic heterocycles. The smallest absolute Gasteiger partial charge is 0.277 e. The summed E-state index contributed by atoms with van der Waals surface area (Å²) >= 11 is 10.2. The lowest BCUT2D eigenvalue weighted by molar-refractivity contribution is -0.123.